The second-order valence-electron chi connectivity index (χ2n) is 5.39. The number of esters is 1. The van der Waals surface area contributed by atoms with Crippen LogP contribution in [-0.4, -0.2) is 52.9 Å². The highest BCUT2D eigenvalue weighted by Gasteiger charge is 2.27. The van der Waals surface area contributed by atoms with Gasteiger partial charge in [-0.1, -0.05) is 6.92 Å². The molecule has 0 unspecified atom stereocenters. The fourth-order valence-electron chi connectivity index (χ4n) is 2.52. The van der Waals surface area contributed by atoms with E-state index < -0.39 is 0 Å². The van der Waals surface area contributed by atoms with Crippen LogP contribution in [0.15, 0.2) is 6.20 Å². The van der Waals surface area contributed by atoms with E-state index in [1.165, 1.54) is 12.8 Å². The molecule has 1 fully saturated rings. The summed E-state index contributed by atoms with van der Waals surface area (Å²) in [5.74, 6) is -0.296. The van der Waals surface area contributed by atoms with Crippen molar-refractivity contribution in [1.29, 1.82) is 0 Å². The summed E-state index contributed by atoms with van der Waals surface area (Å²) in [5, 5.41) is 7.56. The minimum atomic E-state index is -0.296. The van der Waals surface area contributed by atoms with Gasteiger partial charge in [0.25, 0.3) is 0 Å². The molecule has 1 heterocycles. The van der Waals surface area contributed by atoms with Gasteiger partial charge in [-0.3, -0.25) is 9.58 Å². The molecule has 0 amide bonds. The molecule has 0 aromatic carbocycles. The molecule has 21 heavy (non-hydrogen) atoms. The van der Waals surface area contributed by atoms with Crippen LogP contribution in [0.4, 0.5) is 0 Å². The lowest BCUT2D eigenvalue weighted by atomic mass is 10.2. The molecule has 0 aliphatic heterocycles. The number of ether oxygens (including phenoxy) is 1. The van der Waals surface area contributed by atoms with Crippen molar-refractivity contribution >= 4 is 5.97 Å². The van der Waals surface area contributed by atoms with Gasteiger partial charge in [0.05, 0.1) is 18.5 Å². The first-order valence-corrected chi connectivity index (χ1v) is 7.80. The third kappa shape index (κ3) is 4.28. The fourth-order valence-corrected chi connectivity index (χ4v) is 2.52. The molecule has 1 aliphatic rings. The first kappa shape index (κ1) is 16.0. The lowest BCUT2D eigenvalue weighted by Gasteiger charge is -2.19. The van der Waals surface area contributed by atoms with E-state index in [0.29, 0.717) is 18.7 Å². The summed E-state index contributed by atoms with van der Waals surface area (Å²) in [6.07, 6.45) is 4.25. The second kappa shape index (κ2) is 7.56. The van der Waals surface area contributed by atoms with Crippen molar-refractivity contribution in [2.75, 3.05) is 26.2 Å². The van der Waals surface area contributed by atoms with Crippen molar-refractivity contribution in [2.24, 2.45) is 7.05 Å². The van der Waals surface area contributed by atoms with Crippen LogP contribution in [0.3, 0.4) is 0 Å². The molecule has 0 radical (unpaired) electrons. The summed E-state index contributed by atoms with van der Waals surface area (Å²) in [6.45, 7) is 8.10. The van der Waals surface area contributed by atoms with Gasteiger partial charge < -0.3 is 10.1 Å². The van der Waals surface area contributed by atoms with Crippen molar-refractivity contribution < 1.29 is 9.53 Å². The quantitative estimate of drug-likeness (QED) is 0.547. The van der Waals surface area contributed by atoms with E-state index in [1.807, 2.05) is 14.0 Å². The Labute approximate surface area is 126 Å². The monoisotopic (exact) mass is 294 g/mol. The van der Waals surface area contributed by atoms with Crippen LogP contribution in [0.5, 0.6) is 0 Å². The molecule has 1 N–H and O–H groups in total. The first-order valence-electron chi connectivity index (χ1n) is 7.80. The summed E-state index contributed by atoms with van der Waals surface area (Å²) < 4.78 is 6.79. The Balaban J connectivity index is 1.82. The van der Waals surface area contributed by atoms with E-state index in [1.54, 1.807) is 10.9 Å². The summed E-state index contributed by atoms with van der Waals surface area (Å²) in [6, 6.07) is 0.795. The molecule has 2 rings (SSSR count). The first-order chi connectivity index (χ1) is 10.2. The molecular formula is C15H26N4O2. The van der Waals surface area contributed by atoms with E-state index in [2.05, 4.69) is 22.2 Å². The van der Waals surface area contributed by atoms with Crippen molar-refractivity contribution in [1.82, 2.24) is 20.0 Å². The van der Waals surface area contributed by atoms with Gasteiger partial charge in [0.1, 0.15) is 5.56 Å². The molecule has 0 atom stereocenters. The van der Waals surface area contributed by atoms with Gasteiger partial charge in [0.2, 0.25) is 0 Å². The zero-order valence-electron chi connectivity index (χ0n) is 13.3. The van der Waals surface area contributed by atoms with Crippen LogP contribution < -0.4 is 5.32 Å². The van der Waals surface area contributed by atoms with Crippen molar-refractivity contribution in [2.45, 2.75) is 39.3 Å². The Bertz CT molecular complexity index is 468. The summed E-state index contributed by atoms with van der Waals surface area (Å²) in [5.41, 5.74) is 1.43. The van der Waals surface area contributed by atoms with Crippen LogP contribution in [0, 0.1) is 0 Å². The number of nitrogens with one attached hydrogen (secondary N) is 1. The van der Waals surface area contributed by atoms with E-state index in [0.717, 1.165) is 31.4 Å². The summed E-state index contributed by atoms with van der Waals surface area (Å²) in [7, 11) is 1.85. The molecule has 6 nitrogen and oxygen atoms in total. The smallest absolute Gasteiger partial charge is 0.341 e. The normalized spacial score (nSPS) is 14.7. The number of hydrogen-bond acceptors (Lipinski definition) is 5. The van der Waals surface area contributed by atoms with Crippen LogP contribution in [0.1, 0.15) is 42.7 Å². The maximum absolute atomic E-state index is 11.9. The zero-order chi connectivity index (χ0) is 15.2. The number of carbonyl (C=O) groups is 1. The van der Waals surface area contributed by atoms with Crippen LogP contribution in [0.2, 0.25) is 0 Å². The Kier molecular flexibility index (Phi) is 5.76. The Morgan fingerprint density at radius 2 is 2.29 bits per heavy atom. The van der Waals surface area contributed by atoms with Crippen molar-refractivity contribution in [3.63, 3.8) is 0 Å². The Morgan fingerprint density at radius 1 is 1.52 bits per heavy atom. The number of hydrogen-bond donors (Lipinski definition) is 1. The van der Waals surface area contributed by atoms with Crippen LogP contribution in [-0.2, 0) is 18.3 Å². The Morgan fingerprint density at radius 3 is 2.90 bits per heavy atom. The van der Waals surface area contributed by atoms with Gasteiger partial charge in [-0.25, -0.2) is 4.79 Å². The highest BCUT2D eigenvalue weighted by atomic mass is 16.5. The predicted octanol–water partition coefficient (Wildman–Crippen LogP) is 1.17. The van der Waals surface area contributed by atoms with Crippen LogP contribution in [0.25, 0.3) is 0 Å². The SMILES string of the molecule is CCOC(=O)c1cnn(C)c1CNCCN(CC)C1CC1. The minimum absolute atomic E-state index is 0.296. The minimum Gasteiger partial charge on any atom is -0.462 e. The van der Waals surface area contributed by atoms with Gasteiger partial charge in [0, 0.05) is 32.7 Å². The van der Waals surface area contributed by atoms with E-state index in [-0.39, 0.29) is 5.97 Å². The van der Waals surface area contributed by atoms with Gasteiger partial charge in [-0.05, 0) is 26.3 Å². The van der Waals surface area contributed by atoms with Gasteiger partial charge in [-0.15, -0.1) is 0 Å². The highest BCUT2D eigenvalue weighted by Crippen LogP contribution is 2.25. The topological polar surface area (TPSA) is 59.4 Å². The highest BCUT2D eigenvalue weighted by molar-refractivity contribution is 5.90. The summed E-state index contributed by atoms with van der Waals surface area (Å²) in [4.78, 5) is 14.4. The van der Waals surface area contributed by atoms with Crippen molar-refractivity contribution in [3.05, 3.63) is 17.5 Å². The number of carbonyl (C=O) groups excluding carboxylic acids is 1. The largest absolute Gasteiger partial charge is 0.462 e. The standard InChI is InChI=1S/C15H26N4O2/c1-4-19(12-6-7-12)9-8-16-11-14-13(10-17-18(14)3)15(20)21-5-2/h10,12,16H,4-9,11H2,1-3H3. The lowest BCUT2D eigenvalue weighted by Crippen LogP contribution is -2.33. The average Bonchev–Trinajstić information content (AvgIpc) is 3.24. The molecule has 1 saturated carbocycles. The summed E-state index contributed by atoms with van der Waals surface area (Å²) >= 11 is 0. The second-order valence-corrected chi connectivity index (χ2v) is 5.39. The number of aryl methyl sites for hydroxylation is 1. The number of nitrogens with zero attached hydrogens (tertiary/aromatic N) is 3. The molecule has 1 aromatic heterocycles. The molecular weight excluding hydrogens is 268 g/mol. The zero-order valence-corrected chi connectivity index (χ0v) is 13.3. The van der Waals surface area contributed by atoms with E-state index in [4.69, 9.17) is 4.74 Å². The maximum atomic E-state index is 11.9. The van der Waals surface area contributed by atoms with Gasteiger partial charge in [-0.2, -0.15) is 5.10 Å². The Hall–Kier alpha value is -1.40. The number of aromatic nitrogens is 2. The van der Waals surface area contributed by atoms with Gasteiger partial charge in [0.15, 0.2) is 0 Å². The van der Waals surface area contributed by atoms with E-state index >= 15 is 0 Å². The number of likely N-dealkylation sites (N-methyl/N-ethyl adjacent to an activating group) is 1. The third-order valence-electron chi connectivity index (χ3n) is 3.89. The lowest BCUT2D eigenvalue weighted by molar-refractivity contribution is 0.0524. The van der Waals surface area contributed by atoms with Gasteiger partial charge >= 0.3 is 5.97 Å². The van der Waals surface area contributed by atoms with E-state index in [9.17, 15) is 4.79 Å². The maximum Gasteiger partial charge on any atom is 0.341 e. The predicted molar refractivity (Wildman–Crippen MR) is 81.1 cm³/mol. The fraction of sp³-hybridized carbons (Fsp3) is 0.733. The average molecular weight is 294 g/mol. The number of rotatable bonds is 9. The third-order valence-corrected chi connectivity index (χ3v) is 3.89. The molecule has 0 saturated heterocycles. The molecule has 118 valence electrons. The molecule has 1 aromatic rings. The molecule has 0 spiro atoms. The molecule has 6 heteroatoms. The van der Waals surface area contributed by atoms with Crippen LogP contribution >= 0.6 is 0 Å². The molecule has 1 aliphatic carbocycles. The van der Waals surface area contributed by atoms with Crippen molar-refractivity contribution in [3.8, 4) is 0 Å². The molecule has 0 bridgehead atoms.